The molecule has 0 amide bonds. The number of aromatic nitrogens is 1. The maximum atomic E-state index is 4.76. The number of hydrogen-bond donors (Lipinski definition) is 0. The minimum absolute atomic E-state index is 0.194. The molecule has 0 aliphatic carbocycles. The van der Waals surface area contributed by atoms with Crippen LogP contribution in [0.3, 0.4) is 0 Å². The average Bonchev–Trinajstić information content (AvgIpc) is 2.70. The van der Waals surface area contributed by atoms with E-state index in [1.807, 2.05) is 35.0 Å². The van der Waals surface area contributed by atoms with Gasteiger partial charge in [-0.25, -0.2) is 0 Å². The van der Waals surface area contributed by atoms with E-state index in [2.05, 4.69) is 26.7 Å². The summed E-state index contributed by atoms with van der Waals surface area (Å²) >= 11 is 0.194. The van der Waals surface area contributed by atoms with Crippen LogP contribution in [0.4, 0.5) is 0 Å². The average molecular weight is 318 g/mol. The van der Waals surface area contributed by atoms with E-state index in [0.29, 0.717) is 0 Å². The van der Waals surface area contributed by atoms with Crippen LogP contribution in [-0.4, -0.2) is 30.1 Å². The third-order valence-electron chi connectivity index (χ3n) is 2.53. The van der Waals surface area contributed by atoms with Crippen LogP contribution in [0.15, 0.2) is 22.1 Å². The van der Waals surface area contributed by atoms with Crippen molar-refractivity contribution in [1.29, 1.82) is 0 Å². The Bertz CT molecular complexity index is 375. The molecule has 1 heterocycles. The van der Waals surface area contributed by atoms with Crippen molar-refractivity contribution in [2.75, 3.05) is 14.1 Å². The van der Waals surface area contributed by atoms with Crippen LogP contribution in [0.2, 0.25) is 0 Å². The molecule has 98 valence electrons. The first-order chi connectivity index (χ1) is 8.03. The Labute approximate surface area is 118 Å². The summed E-state index contributed by atoms with van der Waals surface area (Å²) in [5.41, 5.74) is 4.38. The van der Waals surface area contributed by atoms with Gasteiger partial charge in [0.15, 0.2) is 0 Å². The van der Waals surface area contributed by atoms with Crippen molar-refractivity contribution in [3.05, 3.63) is 23.5 Å². The quantitative estimate of drug-likeness (QED) is 0.592. The van der Waals surface area contributed by atoms with Crippen LogP contribution in [0.25, 0.3) is 0 Å². The molecule has 0 aromatic carbocycles. The van der Waals surface area contributed by atoms with E-state index in [1.54, 1.807) is 0 Å². The van der Waals surface area contributed by atoms with Crippen molar-refractivity contribution in [2.24, 2.45) is 17.0 Å². The van der Waals surface area contributed by atoms with Gasteiger partial charge in [-0.1, -0.05) is 0 Å². The first kappa shape index (κ1) is 16.7. The first-order valence-corrected chi connectivity index (χ1v) is 7.95. The molecular weight excluding hydrogens is 301 g/mol. The van der Waals surface area contributed by atoms with Crippen LogP contribution in [0, 0.1) is 0 Å². The number of aliphatic imine (C=N–C) groups is 2. The van der Waals surface area contributed by atoms with Crippen molar-refractivity contribution in [1.82, 2.24) is 4.57 Å². The Morgan fingerprint density at radius 2 is 1.35 bits per heavy atom. The van der Waals surface area contributed by atoms with E-state index in [1.165, 1.54) is 0 Å². The molecular formula is C11H17Cl2FeN3. The fraction of sp³-hybridized carbons (Fsp3) is 0.455. The molecule has 1 rings (SSSR count). The summed E-state index contributed by atoms with van der Waals surface area (Å²) in [5.74, 6) is 0. The van der Waals surface area contributed by atoms with Crippen molar-refractivity contribution in [2.45, 2.75) is 13.8 Å². The molecule has 0 spiro atoms. The van der Waals surface area contributed by atoms with Gasteiger partial charge >= 0.3 is 33.3 Å². The van der Waals surface area contributed by atoms with Gasteiger partial charge in [-0.2, -0.15) is 0 Å². The predicted molar refractivity (Wildman–Crippen MR) is 73.4 cm³/mol. The summed E-state index contributed by atoms with van der Waals surface area (Å²) < 4.78 is 2.12. The molecule has 0 unspecified atom stereocenters. The van der Waals surface area contributed by atoms with Crippen LogP contribution >= 0.6 is 20.2 Å². The molecule has 0 radical (unpaired) electrons. The van der Waals surface area contributed by atoms with Crippen LogP contribution in [0.5, 0.6) is 0 Å². The Morgan fingerprint density at radius 1 is 1.06 bits per heavy atom. The summed E-state index contributed by atoms with van der Waals surface area (Å²) in [6, 6.07) is 4.15. The van der Waals surface area contributed by atoms with Crippen LogP contribution < -0.4 is 0 Å². The van der Waals surface area contributed by atoms with E-state index in [-0.39, 0.29) is 13.1 Å². The molecule has 0 aliphatic rings. The van der Waals surface area contributed by atoms with E-state index in [9.17, 15) is 0 Å². The maximum absolute atomic E-state index is 4.76. The molecule has 0 saturated heterocycles. The number of hydrogen-bond acceptors (Lipinski definition) is 2. The molecule has 6 heteroatoms. The fourth-order valence-corrected chi connectivity index (χ4v) is 1.47. The summed E-state index contributed by atoms with van der Waals surface area (Å²) in [5, 5.41) is 0. The molecule has 0 bridgehead atoms. The summed E-state index contributed by atoms with van der Waals surface area (Å²) in [6.45, 7) is 4.02. The van der Waals surface area contributed by atoms with Gasteiger partial charge in [0, 0.05) is 21.1 Å². The summed E-state index contributed by atoms with van der Waals surface area (Å²) in [4.78, 5) is 8.35. The topological polar surface area (TPSA) is 29.6 Å². The molecule has 0 atom stereocenters. The van der Waals surface area contributed by atoms with Gasteiger partial charge in [-0.05, 0) is 26.0 Å². The molecule has 1 aromatic rings. The second-order valence-corrected chi connectivity index (χ2v) is 5.16. The zero-order valence-corrected chi connectivity index (χ0v) is 13.2. The third kappa shape index (κ3) is 4.84. The standard InChI is InChI=1S/C11H17N3.2ClH.Fe/c1-8(12-3)10-6-7-11(14(10)5)9(2)13-4;;;/h6-7H,1-5H3;2*1H;/q;;;+2/p-2. The number of rotatable bonds is 2. The van der Waals surface area contributed by atoms with Crippen molar-refractivity contribution < 1.29 is 13.1 Å². The summed E-state index contributed by atoms with van der Waals surface area (Å²) in [6.07, 6.45) is 0. The Hall–Kier alpha value is -0.281. The summed E-state index contributed by atoms with van der Waals surface area (Å²) in [7, 11) is 15.2. The predicted octanol–water partition coefficient (Wildman–Crippen LogP) is 3.28. The van der Waals surface area contributed by atoms with Gasteiger partial charge in [0.25, 0.3) is 0 Å². The molecule has 3 nitrogen and oxygen atoms in total. The minimum atomic E-state index is 0.194. The molecule has 1 aromatic heterocycles. The van der Waals surface area contributed by atoms with Gasteiger partial charge in [0.2, 0.25) is 0 Å². The molecule has 17 heavy (non-hydrogen) atoms. The first-order valence-electron chi connectivity index (χ1n) is 4.91. The zero-order chi connectivity index (χ0) is 13.4. The van der Waals surface area contributed by atoms with E-state index in [4.69, 9.17) is 20.2 Å². The number of halogens is 2. The molecule has 0 N–H and O–H groups in total. The van der Waals surface area contributed by atoms with Crippen molar-refractivity contribution in [3.8, 4) is 0 Å². The van der Waals surface area contributed by atoms with Gasteiger partial charge < -0.3 is 4.57 Å². The molecule has 0 fully saturated rings. The zero-order valence-electron chi connectivity index (χ0n) is 10.6. The molecule has 0 saturated carbocycles. The SMILES string of the molecule is CN=C(C)c1ccc(C(C)=NC)n1C.[Cl][Fe][Cl]. The number of nitrogens with zero attached hydrogens (tertiary/aromatic N) is 3. The Morgan fingerprint density at radius 3 is 1.59 bits per heavy atom. The Balaban J connectivity index is 0.000000770. The van der Waals surface area contributed by atoms with Crippen molar-refractivity contribution in [3.63, 3.8) is 0 Å². The fourth-order valence-electron chi connectivity index (χ4n) is 1.47. The second-order valence-electron chi connectivity index (χ2n) is 3.33. The van der Waals surface area contributed by atoms with E-state index >= 15 is 0 Å². The van der Waals surface area contributed by atoms with E-state index < -0.39 is 0 Å². The van der Waals surface area contributed by atoms with Gasteiger partial charge in [0.05, 0.1) is 22.8 Å². The third-order valence-corrected chi connectivity index (χ3v) is 2.53. The van der Waals surface area contributed by atoms with Gasteiger partial charge in [-0.3, -0.25) is 9.98 Å². The molecule has 0 aliphatic heterocycles. The van der Waals surface area contributed by atoms with Crippen LogP contribution in [0.1, 0.15) is 25.2 Å². The normalized spacial score (nSPS) is 12.4. The van der Waals surface area contributed by atoms with Gasteiger partial charge in [-0.15, -0.1) is 0 Å². The van der Waals surface area contributed by atoms with Crippen LogP contribution in [-0.2, 0) is 20.2 Å². The van der Waals surface area contributed by atoms with Crippen molar-refractivity contribution >= 4 is 31.6 Å². The van der Waals surface area contributed by atoms with E-state index in [0.717, 1.165) is 22.8 Å². The second kappa shape index (κ2) is 8.76. The Kier molecular flexibility index (Phi) is 8.61. The van der Waals surface area contributed by atoms with Gasteiger partial charge in [0.1, 0.15) is 0 Å². The monoisotopic (exact) mass is 317 g/mol.